The van der Waals surface area contributed by atoms with Gasteiger partial charge in [-0.2, -0.15) is 0 Å². The number of nitrogens with two attached hydrogens (primary N) is 1. The molecule has 1 fully saturated rings. The molecule has 6 nitrogen and oxygen atoms in total. The molecule has 29 heavy (non-hydrogen) atoms. The van der Waals surface area contributed by atoms with E-state index in [1.807, 2.05) is 48.5 Å². The van der Waals surface area contributed by atoms with Crippen LogP contribution in [-0.4, -0.2) is 29.9 Å². The van der Waals surface area contributed by atoms with E-state index < -0.39 is 11.3 Å². The standard InChI is InChI=1S/C22H20N4O2.ClH/c23-20(27)15-13-19(24-17-7-3-1-5-14(15)17)26-11-9-22(10-12-26)16-6-2-4-8-18(16)25-21(22)28;/h1-8,13H,9-12H2,(H2,23,27)(H,25,28);1H. The number of anilines is 2. The van der Waals surface area contributed by atoms with Crippen molar-refractivity contribution < 1.29 is 9.59 Å². The number of piperidine rings is 1. The molecule has 3 heterocycles. The number of hydrogen-bond donors (Lipinski definition) is 2. The van der Waals surface area contributed by atoms with Crippen molar-refractivity contribution in [3.63, 3.8) is 0 Å². The van der Waals surface area contributed by atoms with E-state index in [1.54, 1.807) is 6.07 Å². The number of aromatic nitrogens is 1. The number of nitrogens with one attached hydrogen (secondary N) is 1. The minimum absolute atomic E-state index is 0. The maximum absolute atomic E-state index is 12.8. The largest absolute Gasteiger partial charge is 0.366 e. The zero-order valence-electron chi connectivity index (χ0n) is 15.7. The Bertz CT molecular complexity index is 1120. The van der Waals surface area contributed by atoms with Crippen LogP contribution in [0.1, 0.15) is 28.8 Å². The van der Waals surface area contributed by atoms with E-state index in [1.165, 1.54) is 0 Å². The highest BCUT2D eigenvalue weighted by atomic mass is 35.5. The summed E-state index contributed by atoms with van der Waals surface area (Å²) in [4.78, 5) is 31.6. The quantitative estimate of drug-likeness (QED) is 0.681. The molecule has 0 saturated carbocycles. The third-order valence-corrected chi connectivity index (χ3v) is 6.03. The highest BCUT2D eigenvalue weighted by Gasteiger charge is 2.48. The number of fused-ring (bicyclic) bond motifs is 3. The second-order valence-electron chi connectivity index (χ2n) is 7.48. The van der Waals surface area contributed by atoms with Gasteiger partial charge >= 0.3 is 0 Å². The normalized spacial score (nSPS) is 17.0. The lowest BCUT2D eigenvalue weighted by Gasteiger charge is -2.38. The first kappa shape index (κ1) is 19.2. The van der Waals surface area contributed by atoms with Crippen LogP contribution in [0.2, 0.25) is 0 Å². The smallest absolute Gasteiger partial charge is 0.249 e. The van der Waals surface area contributed by atoms with Gasteiger partial charge in [0.25, 0.3) is 0 Å². The third-order valence-electron chi connectivity index (χ3n) is 6.03. The Labute approximate surface area is 174 Å². The van der Waals surface area contributed by atoms with Gasteiger partial charge in [-0.05, 0) is 36.6 Å². The summed E-state index contributed by atoms with van der Waals surface area (Å²) >= 11 is 0. The maximum atomic E-state index is 12.8. The molecule has 1 spiro atoms. The number of primary amides is 1. The second-order valence-corrected chi connectivity index (χ2v) is 7.48. The summed E-state index contributed by atoms with van der Waals surface area (Å²) in [6, 6.07) is 17.2. The molecule has 0 bridgehead atoms. The van der Waals surface area contributed by atoms with Gasteiger partial charge in [-0.25, -0.2) is 4.98 Å². The monoisotopic (exact) mass is 408 g/mol. The zero-order valence-corrected chi connectivity index (χ0v) is 16.5. The number of para-hydroxylation sites is 2. The number of benzene rings is 2. The Morgan fingerprint density at radius 2 is 1.76 bits per heavy atom. The fourth-order valence-corrected chi connectivity index (χ4v) is 4.51. The van der Waals surface area contributed by atoms with Gasteiger partial charge in [0.15, 0.2) is 0 Å². The van der Waals surface area contributed by atoms with Crippen LogP contribution in [0, 0.1) is 0 Å². The predicted octanol–water partition coefficient (Wildman–Crippen LogP) is 3.25. The molecule has 1 aromatic heterocycles. The molecule has 0 aliphatic carbocycles. The van der Waals surface area contributed by atoms with E-state index in [0.29, 0.717) is 31.5 Å². The summed E-state index contributed by atoms with van der Waals surface area (Å²) in [5.74, 6) is 0.351. The second kappa shape index (κ2) is 7.04. The van der Waals surface area contributed by atoms with Gasteiger partial charge in [-0.15, -0.1) is 12.4 Å². The van der Waals surface area contributed by atoms with Crippen molar-refractivity contribution in [1.82, 2.24) is 4.98 Å². The van der Waals surface area contributed by atoms with Crippen molar-refractivity contribution in [2.45, 2.75) is 18.3 Å². The van der Waals surface area contributed by atoms with Crippen LogP contribution >= 0.6 is 12.4 Å². The van der Waals surface area contributed by atoms with Crippen molar-refractivity contribution in [2.24, 2.45) is 5.73 Å². The van der Waals surface area contributed by atoms with Crippen LogP contribution in [0.3, 0.4) is 0 Å². The molecule has 2 amide bonds. The molecule has 148 valence electrons. The molecule has 5 rings (SSSR count). The van der Waals surface area contributed by atoms with E-state index in [-0.39, 0.29) is 18.3 Å². The van der Waals surface area contributed by atoms with E-state index in [9.17, 15) is 9.59 Å². The average molecular weight is 409 g/mol. The van der Waals surface area contributed by atoms with Crippen LogP contribution < -0.4 is 16.0 Å². The zero-order chi connectivity index (χ0) is 19.3. The Morgan fingerprint density at radius 1 is 1.07 bits per heavy atom. The molecule has 1 saturated heterocycles. The Hall–Kier alpha value is -3.12. The SMILES string of the molecule is Cl.NC(=O)c1cc(N2CCC3(CC2)C(=O)Nc2ccccc23)nc2ccccc12. The predicted molar refractivity (Wildman–Crippen MR) is 116 cm³/mol. The van der Waals surface area contributed by atoms with Crippen LogP contribution in [0.4, 0.5) is 11.5 Å². The molecule has 3 aromatic rings. The summed E-state index contributed by atoms with van der Waals surface area (Å²) in [6.07, 6.45) is 1.41. The molecule has 2 aliphatic heterocycles. The highest BCUT2D eigenvalue weighted by Crippen LogP contribution is 2.45. The lowest BCUT2D eigenvalue weighted by molar-refractivity contribution is -0.121. The molecule has 3 N–H and O–H groups in total. The topological polar surface area (TPSA) is 88.3 Å². The Kier molecular flexibility index (Phi) is 4.67. The number of pyridine rings is 1. The van der Waals surface area contributed by atoms with Crippen molar-refractivity contribution in [3.05, 3.63) is 65.7 Å². The fraction of sp³-hybridized carbons (Fsp3) is 0.227. The molecule has 2 aliphatic rings. The minimum Gasteiger partial charge on any atom is -0.366 e. The Balaban J connectivity index is 0.00000205. The number of carbonyl (C=O) groups excluding carboxylic acids is 2. The first-order valence-electron chi connectivity index (χ1n) is 9.44. The maximum Gasteiger partial charge on any atom is 0.249 e. The molecular formula is C22H21ClN4O2. The van der Waals surface area contributed by atoms with Crippen LogP contribution in [0.25, 0.3) is 10.9 Å². The summed E-state index contributed by atoms with van der Waals surface area (Å²) in [6.45, 7) is 1.37. The molecule has 0 atom stereocenters. The van der Waals surface area contributed by atoms with Gasteiger partial charge in [-0.3, -0.25) is 9.59 Å². The average Bonchev–Trinajstić information content (AvgIpc) is 2.99. The van der Waals surface area contributed by atoms with Crippen molar-refractivity contribution in [3.8, 4) is 0 Å². The third kappa shape index (κ3) is 2.91. The number of rotatable bonds is 2. The fourth-order valence-electron chi connectivity index (χ4n) is 4.51. The first-order valence-corrected chi connectivity index (χ1v) is 9.44. The molecular weight excluding hydrogens is 388 g/mol. The molecule has 0 unspecified atom stereocenters. The van der Waals surface area contributed by atoms with E-state index >= 15 is 0 Å². The van der Waals surface area contributed by atoms with Gasteiger partial charge in [0, 0.05) is 24.2 Å². The number of carbonyl (C=O) groups is 2. The number of halogens is 1. The Morgan fingerprint density at radius 3 is 2.52 bits per heavy atom. The van der Waals surface area contributed by atoms with Crippen molar-refractivity contribution in [1.29, 1.82) is 0 Å². The summed E-state index contributed by atoms with van der Waals surface area (Å²) in [5.41, 5.74) is 8.36. The van der Waals surface area contributed by atoms with Gasteiger partial charge in [-0.1, -0.05) is 36.4 Å². The van der Waals surface area contributed by atoms with E-state index in [4.69, 9.17) is 10.7 Å². The molecule has 2 aromatic carbocycles. The van der Waals surface area contributed by atoms with Crippen LogP contribution in [0.15, 0.2) is 54.6 Å². The molecule has 0 radical (unpaired) electrons. The van der Waals surface area contributed by atoms with E-state index in [0.717, 1.165) is 28.0 Å². The van der Waals surface area contributed by atoms with Crippen LogP contribution in [0.5, 0.6) is 0 Å². The van der Waals surface area contributed by atoms with Gasteiger partial charge in [0.1, 0.15) is 5.82 Å². The lowest BCUT2D eigenvalue weighted by Crippen LogP contribution is -2.46. The van der Waals surface area contributed by atoms with Gasteiger partial charge < -0.3 is 16.0 Å². The van der Waals surface area contributed by atoms with E-state index in [2.05, 4.69) is 10.2 Å². The van der Waals surface area contributed by atoms with Crippen LogP contribution in [-0.2, 0) is 10.2 Å². The lowest BCUT2D eigenvalue weighted by atomic mass is 9.73. The van der Waals surface area contributed by atoms with Crippen molar-refractivity contribution >= 4 is 46.6 Å². The number of hydrogen-bond acceptors (Lipinski definition) is 4. The highest BCUT2D eigenvalue weighted by molar-refractivity contribution is 6.07. The molecule has 7 heteroatoms. The van der Waals surface area contributed by atoms with Gasteiger partial charge in [0.05, 0.1) is 16.5 Å². The summed E-state index contributed by atoms with van der Waals surface area (Å²) in [7, 11) is 0. The number of amides is 2. The van der Waals surface area contributed by atoms with Crippen molar-refractivity contribution in [2.75, 3.05) is 23.3 Å². The minimum atomic E-state index is -0.476. The number of nitrogens with zero attached hydrogens (tertiary/aromatic N) is 2. The van der Waals surface area contributed by atoms with Gasteiger partial charge in [0.2, 0.25) is 11.8 Å². The first-order chi connectivity index (χ1) is 13.6. The summed E-state index contributed by atoms with van der Waals surface area (Å²) in [5, 5.41) is 3.79. The summed E-state index contributed by atoms with van der Waals surface area (Å²) < 4.78 is 0.